The summed E-state index contributed by atoms with van der Waals surface area (Å²) in [7, 11) is 4.10. The normalized spacial score (nSPS) is 29.4. The molecule has 3 atom stereocenters. The Morgan fingerprint density at radius 2 is 2.26 bits per heavy atom. The first kappa shape index (κ1) is 14.3. The van der Waals surface area contributed by atoms with E-state index in [-0.39, 0.29) is 5.54 Å². The van der Waals surface area contributed by atoms with Crippen molar-refractivity contribution in [3.63, 3.8) is 0 Å². The summed E-state index contributed by atoms with van der Waals surface area (Å²) in [6.45, 7) is 2.26. The Morgan fingerprint density at radius 1 is 1.53 bits per heavy atom. The Hall–Kier alpha value is -1.13. The van der Waals surface area contributed by atoms with Crippen LogP contribution in [-0.4, -0.2) is 34.6 Å². The third kappa shape index (κ3) is 2.60. The van der Waals surface area contributed by atoms with Gasteiger partial charge >= 0.3 is 0 Å². The fourth-order valence-corrected chi connectivity index (χ4v) is 3.40. The maximum absolute atomic E-state index is 10.9. The van der Waals surface area contributed by atoms with Crippen molar-refractivity contribution in [2.24, 2.45) is 5.92 Å². The van der Waals surface area contributed by atoms with Crippen LogP contribution in [0.5, 0.6) is 0 Å². The van der Waals surface area contributed by atoms with E-state index in [9.17, 15) is 5.11 Å². The first-order valence-corrected chi connectivity index (χ1v) is 7.02. The molecule has 3 N–H and O–H groups in total. The summed E-state index contributed by atoms with van der Waals surface area (Å²) >= 11 is 0. The second-order valence-electron chi connectivity index (χ2n) is 6.11. The number of aromatic nitrogens is 1. The molecule has 1 saturated carbocycles. The highest BCUT2D eigenvalue weighted by molar-refractivity contribution is 5.46. The van der Waals surface area contributed by atoms with E-state index in [1.54, 1.807) is 18.5 Å². The van der Waals surface area contributed by atoms with Crippen LogP contribution in [0.15, 0.2) is 18.5 Å². The summed E-state index contributed by atoms with van der Waals surface area (Å²) < 4.78 is 0. The average Bonchev–Trinajstić information content (AvgIpc) is 2.38. The van der Waals surface area contributed by atoms with Crippen LogP contribution < -0.4 is 5.73 Å². The maximum atomic E-state index is 10.9. The second-order valence-corrected chi connectivity index (χ2v) is 6.11. The van der Waals surface area contributed by atoms with Crippen molar-refractivity contribution in [1.29, 1.82) is 0 Å². The number of hydrogen-bond donors (Lipinski definition) is 2. The molecule has 1 aliphatic rings. The van der Waals surface area contributed by atoms with E-state index < -0.39 is 6.10 Å². The minimum absolute atomic E-state index is 0.227. The zero-order chi connectivity index (χ0) is 14.0. The number of aliphatic hydroxyl groups is 1. The molecular weight excluding hydrogens is 238 g/mol. The molecule has 0 radical (unpaired) electrons. The van der Waals surface area contributed by atoms with Gasteiger partial charge in [0.15, 0.2) is 0 Å². The van der Waals surface area contributed by atoms with Crippen molar-refractivity contribution in [3.05, 3.63) is 24.0 Å². The summed E-state index contributed by atoms with van der Waals surface area (Å²) in [5.41, 5.74) is 7.16. The van der Waals surface area contributed by atoms with Gasteiger partial charge in [-0.15, -0.1) is 0 Å². The number of rotatable bonds is 3. The number of nitrogens with two attached hydrogens (primary N) is 1. The van der Waals surface area contributed by atoms with E-state index in [1.807, 2.05) is 14.1 Å². The quantitative estimate of drug-likeness (QED) is 0.877. The van der Waals surface area contributed by atoms with E-state index in [0.29, 0.717) is 11.6 Å². The predicted octanol–water partition coefficient (Wildman–Crippen LogP) is 2.21. The Kier molecular flexibility index (Phi) is 4.11. The van der Waals surface area contributed by atoms with Crippen molar-refractivity contribution in [2.45, 2.75) is 44.2 Å². The van der Waals surface area contributed by atoms with Gasteiger partial charge in [-0.2, -0.15) is 0 Å². The summed E-state index contributed by atoms with van der Waals surface area (Å²) in [5.74, 6) is 0.628. The molecule has 0 bridgehead atoms. The molecule has 2 rings (SSSR count). The third-order valence-electron chi connectivity index (χ3n) is 4.59. The summed E-state index contributed by atoms with van der Waals surface area (Å²) in [5, 5.41) is 10.9. The number of nitrogens with zero attached hydrogens (tertiary/aromatic N) is 2. The van der Waals surface area contributed by atoms with Gasteiger partial charge in [-0.05, 0) is 38.9 Å². The number of aliphatic hydroxyl groups excluding tert-OH is 1. The number of nitrogen functional groups attached to an aromatic ring is 1. The van der Waals surface area contributed by atoms with Crippen molar-refractivity contribution in [1.82, 2.24) is 9.88 Å². The monoisotopic (exact) mass is 263 g/mol. The average molecular weight is 263 g/mol. The van der Waals surface area contributed by atoms with Gasteiger partial charge in [-0.3, -0.25) is 4.98 Å². The fourth-order valence-electron chi connectivity index (χ4n) is 3.40. The zero-order valence-electron chi connectivity index (χ0n) is 12.1. The van der Waals surface area contributed by atoms with Gasteiger partial charge in [0.1, 0.15) is 6.10 Å². The zero-order valence-corrected chi connectivity index (χ0v) is 12.1. The number of hydrogen-bond acceptors (Lipinski definition) is 4. The lowest BCUT2D eigenvalue weighted by Crippen LogP contribution is -2.52. The number of anilines is 1. The molecule has 1 aliphatic carbocycles. The highest BCUT2D eigenvalue weighted by Gasteiger charge is 2.44. The van der Waals surface area contributed by atoms with Gasteiger partial charge in [-0.1, -0.05) is 19.8 Å². The van der Waals surface area contributed by atoms with Gasteiger partial charge < -0.3 is 15.7 Å². The minimum atomic E-state index is -0.584. The Labute approximate surface area is 115 Å². The number of likely N-dealkylation sites (N-methyl/N-ethyl adjacent to an activating group) is 1. The highest BCUT2D eigenvalue weighted by atomic mass is 16.3. The first-order valence-electron chi connectivity index (χ1n) is 7.02. The van der Waals surface area contributed by atoms with Crippen molar-refractivity contribution in [3.8, 4) is 0 Å². The molecule has 1 aromatic rings. The van der Waals surface area contributed by atoms with E-state index in [4.69, 9.17) is 5.73 Å². The molecule has 4 heteroatoms. The Balaban J connectivity index is 2.36. The van der Waals surface area contributed by atoms with Crippen LogP contribution in [-0.2, 0) is 0 Å². The summed E-state index contributed by atoms with van der Waals surface area (Å²) in [6, 6.07) is 1.76. The molecule has 0 aromatic carbocycles. The van der Waals surface area contributed by atoms with Crippen LogP contribution in [0.2, 0.25) is 0 Å². The lowest BCUT2D eigenvalue weighted by molar-refractivity contribution is -0.0448. The molecule has 19 heavy (non-hydrogen) atoms. The van der Waals surface area contributed by atoms with Crippen LogP contribution >= 0.6 is 0 Å². The largest absolute Gasteiger partial charge is 0.398 e. The number of pyridine rings is 1. The van der Waals surface area contributed by atoms with Gasteiger partial charge in [0.2, 0.25) is 0 Å². The molecule has 0 amide bonds. The molecule has 0 aliphatic heterocycles. The molecule has 106 valence electrons. The molecule has 0 spiro atoms. The predicted molar refractivity (Wildman–Crippen MR) is 77.7 cm³/mol. The molecule has 1 fully saturated rings. The van der Waals surface area contributed by atoms with Crippen LogP contribution in [0, 0.1) is 5.92 Å². The molecular formula is C15H25N3O. The standard InChI is InChI=1S/C15H25N3O/c1-11-5-4-7-15(9-11,18(2)3)14(19)12-10-17-8-6-13(12)16/h6,8,10-11,14,19H,4-5,7,9H2,1-3H3,(H2,16,17). The van der Waals surface area contributed by atoms with Gasteiger partial charge in [0.05, 0.1) is 5.54 Å². The van der Waals surface area contributed by atoms with Gasteiger partial charge in [0, 0.05) is 23.6 Å². The highest BCUT2D eigenvalue weighted by Crippen LogP contribution is 2.44. The van der Waals surface area contributed by atoms with Crippen molar-refractivity contribution in [2.75, 3.05) is 19.8 Å². The topological polar surface area (TPSA) is 62.4 Å². The lowest BCUT2D eigenvalue weighted by atomic mass is 9.71. The molecule has 3 unspecified atom stereocenters. The van der Waals surface area contributed by atoms with Crippen molar-refractivity contribution < 1.29 is 5.11 Å². The SMILES string of the molecule is CC1CCCC(C(O)c2cnccc2N)(N(C)C)C1. The Bertz CT molecular complexity index is 435. The van der Waals surface area contributed by atoms with Crippen LogP contribution in [0.4, 0.5) is 5.69 Å². The van der Waals surface area contributed by atoms with Gasteiger partial charge in [0.25, 0.3) is 0 Å². The molecule has 4 nitrogen and oxygen atoms in total. The van der Waals surface area contributed by atoms with E-state index in [2.05, 4.69) is 16.8 Å². The first-order chi connectivity index (χ1) is 8.97. The lowest BCUT2D eigenvalue weighted by Gasteiger charge is -2.48. The van der Waals surface area contributed by atoms with Crippen LogP contribution in [0.25, 0.3) is 0 Å². The van der Waals surface area contributed by atoms with Crippen molar-refractivity contribution >= 4 is 5.69 Å². The fraction of sp³-hybridized carbons (Fsp3) is 0.667. The maximum Gasteiger partial charge on any atom is 0.101 e. The Morgan fingerprint density at radius 3 is 2.84 bits per heavy atom. The van der Waals surface area contributed by atoms with Crippen LogP contribution in [0.1, 0.15) is 44.3 Å². The third-order valence-corrected chi connectivity index (χ3v) is 4.59. The summed E-state index contributed by atoms with van der Waals surface area (Å²) in [6.07, 6.45) is 7.16. The minimum Gasteiger partial charge on any atom is -0.398 e. The smallest absolute Gasteiger partial charge is 0.101 e. The second kappa shape index (κ2) is 5.47. The van der Waals surface area contributed by atoms with Crippen LogP contribution in [0.3, 0.4) is 0 Å². The van der Waals surface area contributed by atoms with E-state index >= 15 is 0 Å². The van der Waals surface area contributed by atoms with Gasteiger partial charge in [-0.25, -0.2) is 0 Å². The van der Waals surface area contributed by atoms with E-state index in [1.165, 1.54) is 6.42 Å². The summed E-state index contributed by atoms with van der Waals surface area (Å²) in [4.78, 5) is 6.28. The molecule has 1 heterocycles. The molecule has 1 aromatic heterocycles. The molecule has 0 saturated heterocycles. The van der Waals surface area contributed by atoms with E-state index in [0.717, 1.165) is 24.8 Å².